The van der Waals surface area contributed by atoms with E-state index in [1.165, 1.54) is 4.90 Å². The van der Waals surface area contributed by atoms with Gasteiger partial charge in [0.05, 0.1) is 0 Å². The summed E-state index contributed by atoms with van der Waals surface area (Å²) in [5.74, 6) is -1.18. The average Bonchev–Trinajstić information content (AvgIpc) is 2.51. The first-order valence-corrected chi connectivity index (χ1v) is 8.01. The van der Waals surface area contributed by atoms with Gasteiger partial charge < -0.3 is 15.0 Å². The van der Waals surface area contributed by atoms with Gasteiger partial charge in [-0.25, -0.2) is 4.79 Å². The van der Waals surface area contributed by atoms with E-state index in [-0.39, 0.29) is 18.4 Å². The molecule has 0 radical (unpaired) electrons. The van der Waals surface area contributed by atoms with Crippen molar-refractivity contribution in [2.75, 3.05) is 20.7 Å². The molecule has 2 amide bonds. The number of nitrogens with zero attached hydrogens (tertiary/aromatic N) is 1. The van der Waals surface area contributed by atoms with Crippen LogP contribution in [0, 0.1) is 5.92 Å². The molecule has 24 heavy (non-hydrogen) atoms. The van der Waals surface area contributed by atoms with Crippen LogP contribution in [0.1, 0.15) is 30.6 Å². The lowest BCUT2D eigenvalue weighted by atomic mass is 10.0. The van der Waals surface area contributed by atoms with Crippen molar-refractivity contribution in [2.24, 2.45) is 5.92 Å². The van der Waals surface area contributed by atoms with E-state index in [2.05, 4.69) is 5.32 Å². The zero-order chi connectivity index (χ0) is 18.3. The average molecular weight is 355 g/mol. The molecule has 0 spiro atoms. The molecule has 1 rings (SSSR count). The number of benzene rings is 1. The maximum atomic E-state index is 12.3. The Bertz CT molecular complexity index is 585. The number of carbonyl (C=O) groups is 3. The number of hydrogen-bond acceptors (Lipinski definition) is 4. The van der Waals surface area contributed by atoms with E-state index in [4.69, 9.17) is 16.3 Å². The topological polar surface area (TPSA) is 75.7 Å². The predicted molar refractivity (Wildman–Crippen MR) is 91.8 cm³/mol. The van der Waals surface area contributed by atoms with E-state index >= 15 is 0 Å². The minimum absolute atomic E-state index is 0.164. The smallest absolute Gasteiger partial charge is 0.329 e. The van der Waals surface area contributed by atoms with Gasteiger partial charge in [-0.15, -0.1) is 0 Å². The van der Waals surface area contributed by atoms with Gasteiger partial charge >= 0.3 is 5.97 Å². The maximum Gasteiger partial charge on any atom is 0.329 e. The number of rotatable bonds is 7. The summed E-state index contributed by atoms with van der Waals surface area (Å²) in [6, 6.07) is 5.53. The van der Waals surface area contributed by atoms with Crippen molar-refractivity contribution in [1.29, 1.82) is 0 Å². The van der Waals surface area contributed by atoms with Gasteiger partial charge in [-0.3, -0.25) is 9.59 Å². The molecule has 0 unspecified atom stereocenters. The molecule has 0 heterocycles. The molecule has 132 valence electrons. The normalized spacial score (nSPS) is 11.8. The zero-order valence-corrected chi connectivity index (χ0v) is 15.1. The molecular formula is C17H23ClN2O4. The summed E-state index contributed by atoms with van der Waals surface area (Å²) in [7, 11) is 3.15. The molecule has 0 aliphatic heterocycles. The van der Waals surface area contributed by atoms with Crippen molar-refractivity contribution in [1.82, 2.24) is 10.2 Å². The fourth-order valence-corrected chi connectivity index (χ4v) is 2.02. The predicted octanol–water partition coefficient (Wildman–Crippen LogP) is 2.12. The molecule has 0 saturated heterocycles. The minimum Gasteiger partial charge on any atom is -0.454 e. The first-order valence-electron chi connectivity index (χ1n) is 7.64. The quantitative estimate of drug-likeness (QED) is 0.761. The number of carbonyl (C=O) groups excluding carboxylic acids is 3. The number of esters is 1. The van der Waals surface area contributed by atoms with Gasteiger partial charge in [0.25, 0.3) is 11.8 Å². The lowest BCUT2D eigenvalue weighted by molar-refractivity contribution is -0.153. The van der Waals surface area contributed by atoms with Crippen molar-refractivity contribution < 1.29 is 19.1 Å². The van der Waals surface area contributed by atoms with Crippen molar-refractivity contribution in [3.8, 4) is 0 Å². The van der Waals surface area contributed by atoms with Crippen LogP contribution in [-0.2, 0) is 14.3 Å². The van der Waals surface area contributed by atoms with E-state index in [1.807, 2.05) is 13.8 Å². The molecule has 0 saturated carbocycles. The molecular weight excluding hydrogens is 332 g/mol. The van der Waals surface area contributed by atoms with Gasteiger partial charge in [0.15, 0.2) is 6.61 Å². The highest BCUT2D eigenvalue weighted by Gasteiger charge is 2.24. The molecule has 1 aromatic rings. The van der Waals surface area contributed by atoms with Gasteiger partial charge in [0, 0.05) is 24.7 Å². The number of halogens is 1. The fourth-order valence-electron chi connectivity index (χ4n) is 1.89. The molecule has 0 bridgehead atoms. The van der Waals surface area contributed by atoms with E-state index in [0.29, 0.717) is 17.0 Å². The minimum atomic E-state index is -0.817. The maximum absolute atomic E-state index is 12.3. The van der Waals surface area contributed by atoms with Gasteiger partial charge in [-0.2, -0.15) is 0 Å². The van der Waals surface area contributed by atoms with Crippen LogP contribution in [0.3, 0.4) is 0 Å². The second-order valence-electron chi connectivity index (χ2n) is 6.06. The van der Waals surface area contributed by atoms with Crippen molar-refractivity contribution >= 4 is 29.4 Å². The highest BCUT2D eigenvalue weighted by Crippen LogP contribution is 2.11. The first-order chi connectivity index (χ1) is 11.2. The summed E-state index contributed by atoms with van der Waals surface area (Å²) in [6.07, 6.45) is 0.411. The first kappa shape index (κ1) is 20.0. The summed E-state index contributed by atoms with van der Waals surface area (Å²) in [6.45, 7) is 3.51. The summed E-state index contributed by atoms with van der Waals surface area (Å²) in [5.41, 5.74) is 0.394. The summed E-state index contributed by atoms with van der Waals surface area (Å²) in [4.78, 5) is 37.3. The Kier molecular flexibility index (Phi) is 7.71. The standard InChI is InChI=1S/C17H23ClN2O4/c1-11(2)9-14(17(23)24-10-15(21)20(3)4)19-16(22)12-5-7-13(18)8-6-12/h5-8,11,14H,9-10H2,1-4H3,(H,19,22)/t14-/m0/s1. The number of amides is 2. The molecule has 0 aromatic heterocycles. The number of nitrogens with one attached hydrogen (secondary N) is 1. The molecule has 1 aromatic carbocycles. The van der Waals surface area contributed by atoms with Gasteiger partial charge in [-0.05, 0) is 36.6 Å². The van der Waals surface area contributed by atoms with Crippen LogP contribution < -0.4 is 5.32 Å². The summed E-state index contributed by atoms with van der Waals surface area (Å²) < 4.78 is 5.02. The number of ether oxygens (including phenoxy) is 1. The Labute approximate surface area is 147 Å². The second-order valence-corrected chi connectivity index (χ2v) is 6.49. The zero-order valence-electron chi connectivity index (χ0n) is 14.3. The van der Waals surface area contributed by atoms with Crippen LogP contribution in [0.2, 0.25) is 5.02 Å². The molecule has 0 aliphatic rings. The third kappa shape index (κ3) is 6.58. The Balaban J connectivity index is 2.73. The Morgan fingerprint density at radius 3 is 2.25 bits per heavy atom. The van der Waals surface area contributed by atoms with E-state index in [1.54, 1.807) is 38.4 Å². The lowest BCUT2D eigenvalue weighted by Crippen LogP contribution is -2.43. The van der Waals surface area contributed by atoms with Crippen LogP contribution in [0.15, 0.2) is 24.3 Å². The third-order valence-electron chi connectivity index (χ3n) is 3.24. The highest BCUT2D eigenvalue weighted by molar-refractivity contribution is 6.30. The van der Waals surface area contributed by atoms with Crippen LogP contribution >= 0.6 is 11.6 Å². The Hall–Kier alpha value is -2.08. The molecule has 6 nitrogen and oxygen atoms in total. The van der Waals surface area contributed by atoms with Crippen molar-refractivity contribution in [3.63, 3.8) is 0 Å². The van der Waals surface area contributed by atoms with Crippen molar-refractivity contribution in [2.45, 2.75) is 26.3 Å². The van der Waals surface area contributed by atoms with Crippen LogP contribution in [0.4, 0.5) is 0 Å². The van der Waals surface area contributed by atoms with E-state index < -0.39 is 17.9 Å². The van der Waals surface area contributed by atoms with Gasteiger partial charge in [0.2, 0.25) is 0 Å². The van der Waals surface area contributed by atoms with Gasteiger partial charge in [0.1, 0.15) is 6.04 Å². The van der Waals surface area contributed by atoms with Gasteiger partial charge in [-0.1, -0.05) is 25.4 Å². The lowest BCUT2D eigenvalue weighted by Gasteiger charge is -2.20. The molecule has 0 fully saturated rings. The van der Waals surface area contributed by atoms with E-state index in [0.717, 1.165) is 0 Å². The van der Waals surface area contributed by atoms with Crippen LogP contribution in [-0.4, -0.2) is 49.4 Å². The fraction of sp³-hybridized carbons (Fsp3) is 0.471. The monoisotopic (exact) mass is 354 g/mol. The molecule has 1 N–H and O–H groups in total. The summed E-state index contributed by atoms with van der Waals surface area (Å²) in [5, 5.41) is 3.18. The van der Waals surface area contributed by atoms with E-state index in [9.17, 15) is 14.4 Å². The van der Waals surface area contributed by atoms with Crippen molar-refractivity contribution in [3.05, 3.63) is 34.9 Å². The van der Waals surface area contributed by atoms with Crippen LogP contribution in [0.5, 0.6) is 0 Å². The molecule has 0 aliphatic carbocycles. The number of hydrogen-bond donors (Lipinski definition) is 1. The molecule has 1 atom stereocenters. The Morgan fingerprint density at radius 1 is 1.17 bits per heavy atom. The highest BCUT2D eigenvalue weighted by atomic mass is 35.5. The Morgan fingerprint density at radius 2 is 1.75 bits per heavy atom. The SMILES string of the molecule is CC(C)C[C@H](NC(=O)c1ccc(Cl)cc1)C(=O)OCC(=O)N(C)C. The largest absolute Gasteiger partial charge is 0.454 e. The summed E-state index contributed by atoms with van der Waals surface area (Å²) >= 11 is 5.80. The van der Waals surface area contributed by atoms with Crippen LogP contribution in [0.25, 0.3) is 0 Å². The third-order valence-corrected chi connectivity index (χ3v) is 3.49. The number of likely N-dealkylation sites (N-methyl/N-ethyl adjacent to an activating group) is 1. The molecule has 7 heteroatoms. The second kappa shape index (κ2) is 9.27.